The predicted octanol–water partition coefficient (Wildman–Crippen LogP) is 3.77. The van der Waals surface area contributed by atoms with Crippen molar-refractivity contribution in [1.82, 2.24) is 14.9 Å². The van der Waals surface area contributed by atoms with Crippen LogP contribution in [0, 0.1) is 0 Å². The summed E-state index contributed by atoms with van der Waals surface area (Å²) in [5.74, 6) is -0.0819. The number of hydrogen-bond acceptors (Lipinski definition) is 4. The summed E-state index contributed by atoms with van der Waals surface area (Å²) in [6, 6.07) is 17.0. The lowest BCUT2D eigenvalue weighted by Crippen LogP contribution is -2.32. The van der Waals surface area contributed by atoms with Gasteiger partial charge in [-0.2, -0.15) is 0 Å². The van der Waals surface area contributed by atoms with Crippen molar-refractivity contribution in [3.05, 3.63) is 70.5 Å². The number of rotatable bonds is 6. The molecular weight excluding hydrogens is 358 g/mol. The third-order valence-electron chi connectivity index (χ3n) is 4.25. The van der Waals surface area contributed by atoms with Gasteiger partial charge < -0.3 is 5.32 Å². The van der Waals surface area contributed by atoms with Gasteiger partial charge in [-0.15, -0.1) is 0 Å². The molecule has 2 aromatic carbocycles. The van der Waals surface area contributed by atoms with Crippen molar-refractivity contribution in [2.45, 2.75) is 43.8 Å². The zero-order valence-corrected chi connectivity index (χ0v) is 16.5. The van der Waals surface area contributed by atoms with Gasteiger partial charge in [-0.25, -0.2) is 4.98 Å². The summed E-state index contributed by atoms with van der Waals surface area (Å²) in [6.45, 7) is 6.20. The number of nitrogens with one attached hydrogen (secondary N) is 1. The fraction of sp³-hybridized carbons (Fsp3) is 0.286. The van der Waals surface area contributed by atoms with E-state index >= 15 is 0 Å². The third kappa shape index (κ3) is 4.39. The fourth-order valence-corrected chi connectivity index (χ4v) is 3.87. The topological polar surface area (TPSA) is 64.0 Å². The summed E-state index contributed by atoms with van der Waals surface area (Å²) in [6.07, 6.45) is 0. The summed E-state index contributed by atoms with van der Waals surface area (Å²) < 4.78 is 1.66. The molecule has 0 radical (unpaired) electrons. The Morgan fingerprint density at radius 2 is 1.74 bits per heavy atom. The highest BCUT2D eigenvalue weighted by molar-refractivity contribution is 8.00. The average Bonchev–Trinajstić information content (AvgIpc) is 2.66. The van der Waals surface area contributed by atoms with Crippen LogP contribution in [0.2, 0.25) is 0 Å². The van der Waals surface area contributed by atoms with Crippen molar-refractivity contribution in [1.29, 1.82) is 0 Å². The summed E-state index contributed by atoms with van der Waals surface area (Å²) in [4.78, 5) is 30.0. The molecule has 1 atom stereocenters. The monoisotopic (exact) mass is 381 g/mol. The SMILES string of the molecule is CC(Sc1nc2ccccc2c(=O)n1C(C)C)C(=O)NCc1ccccc1. The second-order valence-electron chi connectivity index (χ2n) is 6.64. The van der Waals surface area contributed by atoms with Crippen molar-refractivity contribution in [3.63, 3.8) is 0 Å². The second kappa shape index (κ2) is 8.39. The van der Waals surface area contributed by atoms with Gasteiger partial charge in [0.15, 0.2) is 5.16 Å². The molecule has 1 amide bonds. The fourth-order valence-electron chi connectivity index (χ4n) is 2.80. The van der Waals surface area contributed by atoms with Crippen LogP contribution in [0.25, 0.3) is 10.9 Å². The first-order chi connectivity index (χ1) is 13.0. The number of thioether (sulfide) groups is 1. The largest absolute Gasteiger partial charge is 0.351 e. The van der Waals surface area contributed by atoms with Crippen molar-refractivity contribution in [2.75, 3.05) is 0 Å². The van der Waals surface area contributed by atoms with Gasteiger partial charge in [-0.1, -0.05) is 54.2 Å². The van der Waals surface area contributed by atoms with E-state index < -0.39 is 0 Å². The Hall–Kier alpha value is -2.60. The molecule has 0 aliphatic carbocycles. The van der Waals surface area contributed by atoms with E-state index in [0.29, 0.717) is 22.6 Å². The predicted molar refractivity (Wildman–Crippen MR) is 110 cm³/mol. The van der Waals surface area contributed by atoms with Crippen molar-refractivity contribution < 1.29 is 4.79 Å². The van der Waals surface area contributed by atoms with Crippen LogP contribution in [0.3, 0.4) is 0 Å². The summed E-state index contributed by atoms with van der Waals surface area (Å²) in [7, 11) is 0. The van der Waals surface area contributed by atoms with Crippen LogP contribution in [0.4, 0.5) is 0 Å². The van der Waals surface area contributed by atoms with Gasteiger partial charge in [-0.05, 0) is 38.5 Å². The first-order valence-electron chi connectivity index (χ1n) is 8.97. The molecule has 1 unspecified atom stereocenters. The number of para-hydroxylation sites is 1. The van der Waals surface area contributed by atoms with E-state index in [2.05, 4.69) is 10.3 Å². The minimum Gasteiger partial charge on any atom is -0.351 e. The van der Waals surface area contributed by atoms with E-state index in [-0.39, 0.29) is 22.8 Å². The number of fused-ring (bicyclic) bond motifs is 1. The van der Waals surface area contributed by atoms with Gasteiger partial charge in [0.05, 0.1) is 16.2 Å². The Labute approximate surface area is 162 Å². The minimum absolute atomic E-state index is 0.0447. The molecule has 3 rings (SSSR count). The highest BCUT2D eigenvalue weighted by Crippen LogP contribution is 2.24. The molecule has 27 heavy (non-hydrogen) atoms. The van der Waals surface area contributed by atoms with Crippen LogP contribution in [0.15, 0.2) is 64.5 Å². The number of benzene rings is 2. The van der Waals surface area contributed by atoms with Crippen LogP contribution in [-0.2, 0) is 11.3 Å². The van der Waals surface area contributed by atoms with Crippen LogP contribution in [0.5, 0.6) is 0 Å². The third-order valence-corrected chi connectivity index (χ3v) is 5.32. The molecule has 140 valence electrons. The van der Waals surface area contributed by atoms with E-state index in [9.17, 15) is 9.59 Å². The minimum atomic E-state index is -0.369. The van der Waals surface area contributed by atoms with E-state index in [4.69, 9.17) is 0 Å². The van der Waals surface area contributed by atoms with Gasteiger partial charge in [0.2, 0.25) is 5.91 Å². The van der Waals surface area contributed by atoms with Crippen LogP contribution in [-0.4, -0.2) is 20.7 Å². The molecule has 1 N–H and O–H groups in total. The zero-order chi connectivity index (χ0) is 19.4. The molecule has 0 spiro atoms. The number of carbonyl (C=O) groups excluding carboxylic acids is 1. The number of carbonyl (C=O) groups is 1. The molecule has 0 fully saturated rings. The summed E-state index contributed by atoms with van der Waals surface area (Å²) >= 11 is 1.31. The molecule has 0 bridgehead atoms. The molecule has 5 nitrogen and oxygen atoms in total. The standard InChI is InChI=1S/C21H23N3O2S/c1-14(2)24-20(26)17-11-7-8-12-18(17)23-21(24)27-15(3)19(25)22-13-16-9-5-4-6-10-16/h4-12,14-15H,13H2,1-3H3,(H,22,25). The van der Waals surface area contributed by atoms with Crippen LogP contribution >= 0.6 is 11.8 Å². The number of hydrogen-bond donors (Lipinski definition) is 1. The molecule has 3 aromatic rings. The molecule has 1 heterocycles. The van der Waals surface area contributed by atoms with Crippen LogP contribution < -0.4 is 10.9 Å². The molecule has 0 saturated heterocycles. The maximum atomic E-state index is 12.9. The Kier molecular flexibility index (Phi) is 5.96. The lowest BCUT2D eigenvalue weighted by atomic mass is 10.2. The smallest absolute Gasteiger partial charge is 0.262 e. The lowest BCUT2D eigenvalue weighted by Gasteiger charge is -2.18. The highest BCUT2D eigenvalue weighted by atomic mass is 32.2. The number of nitrogens with zero attached hydrogens (tertiary/aromatic N) is 2. The molecule has 0 aliphatic rings. The Bertz CT molecular complexity index is 999. The van der Waals surface area contributed by atoms with Crippen LogP contribution in [0.1, 0.15) is 32.4 Å². The first-order valence-corrected chi connectivity index (χ1v) is 9.85. The number of aromatic nitrogens is 2. The van der Waals surface area contributed by atoms with E-state index in [1.165, 1.54) is 11.8 Å². The van der Waals surface area contributed by atoms with Crippen molar-refractivity contribution in [2.24, 2.45) is 0 Å². The summed E-state index contributed by atoms with van der Waals surface area (Å²) in [5.41, 5.74) is 1.62. The second-order valence-corrected chi connectivity index (χ2v) is 7.95. The van der Waals surface area contributed by atoms with Crippen molar-refractivity contribution in [3.8, 4) is 0 Å². The van der Waals surface area contributed by atoms with E-state index in [1.54, 1.807) is 10.6 Å². The Balaban J connectivity index is 1.81. The zero-order valence-electron chi connectivity index (χ0n) is 15.7. The normalized spacial score (nSPS) is 12.3. The maximum absolute atomic E-state index is 12.9. The van der Waals surface area contributed by atoms with Gasteiger partial charge >= 0.3 is 0 Å². The summed E-state index contributed by atoms with van der Waals surface area (Å²) in [5, 5.41) is 3.74. The molecule has 0 aliphatic heterocycles. The molecular formula is C21H23N3O2S. The van der Waals surface area contributed by atoms with Crippen molar-refractivity contribution >= 4 is 28.6 Å². The van der Waals surface area contributed by atoms with Gasteiger partial charge in [0, 0.05) is 12.6 Å². The lowest BCUT2D eigenvalue weighted by molar-refractivity contribution is -0.120. The van der Waals surface area contributed by atoms with Gasteiger partial charge in [0.1, 0.15) is 0 Å². The molecule has 1 aromatic heterocycles. The number of amides is 1. The Morgan fingerprint density at radius 1 is 1.07 bits per heavy atom. The van der Waals surface area contributed by atoms with Gasteiger partial charge in [0.25, 0.3) is 5.56 Å². The Morgan fingerprint density at radius 3 is 2.44 bits per heavy atom. The van der Waals surface area contributed by atoms with Gasteiger partial charge in [-0.3, -0.25) is 14.2 Å². The maximum Gasteiger partial charge on any atom is 0.262 e. The van der Waals surface area contributed by atoms with E-state index in [1.807, 2.05) is 69.3 Å². The molecule has 0 saturated carbocycles. The molecule has 6 heteroatoms. The average molecular weight is 382 g/mol. The first kappa shape index (κ1) is 19.2. The van der Waals surface area contributed by atoms with E-state index in [0.717, 1.165) is 5.56 Å². The highest BCUT2D eigenvalue weighted by Gasteiger charge is 2.20. The quantitative estimate of drug-likeness (QED) is 0.521.